The highest BCUT2D eigenvalue weighted by molar-refractivity contribution is 7.08. The highest BCUT2D eigenvalue weighted by Crippen LogP contribution is 2.23. The van der Waals surface area contributed by atoms with Gasteiger partial charge in [-0.25, -0.2) is 0 Å². The summed E-state index contributed by atoms with van der Waals surface area (Å²) >= 11 is 7.69. The van der Waals surface area contributed by atoms with Crippen LogP contribution in [0, 0.1) is 0 Å². The van der Waals surface area contributed by atoms with Crippen LogP contribution >= 0.6 is 22.9 Å². The molecule has 24 heavy (non-hydrogen) atoms. The van der Waals surface area contributed by atoms with Gasteiger partial charge < -0.3 is 5.32 Å². The minimum Gasteiger partial charge on any atom is -0.348 e. The Morgan fingerprint density at radius 2 is 2.08 bits per heavy atom. The number of pyridine rings is 1. The van der Waals surface area contributed by atoms with E-state index in [0.29, 0.717) is 11.6 Å². The third-order valence-corrected chi connectivity index (χ3v) is 4.49. The summed E-state index contributed by atoms with van der Waals surface area (Å²) in [6.45, 7) is 0.421. The Morgan fingerprint density at radius 3 is 2.88 bits per heavy atom. The third kappa shape index (κ3) is 4.10. The van der Waals surface area contributed by atoms with Crippen LogP contribution in [0.1, 0.15) is 11.1 Å². The lowest BCUT2D eigenvalue weighted by atomic mass is 10.1. The van der Waals surface area contributed by atoms with Crippen molar-refractivity contribution in [1.82, 2.24) is 10.3 Å². The highest BCUT2D eigenvalue weighted by atomic mass is 35.5. The van der Waals surface area contributed by atoms with Crippen LogP contribution in [-0.4, -0.2) is 10.9 Å². The second kappa shape index (κ2) is 7.90. The van der Waals surface area contributed by atoms with Crippen molar-refractivity contribution in [3.63, 3.8) is 0 Å². The second-order valence-corrected chi connectivity index (χ2v) is 6.28. The van der Waals surface area contributed by atoms with Crippen LogP contribution in [0.15, 0.2) is 65.5 Å². The summed E-state index contributed by atoms with van der Waals surface area (Å²) < 4.78 is 0. The van der Waals surface area contributed by atoms with Crippen molar-refractivity contribution < 1.29 is 4.79 Å². The van der Waals surface area contributed by atoms with Crippen LogP contribution in [0.5, 0.6) is 0 Å². The van der Waals surface area contributed by atoms with Crippen molar-refractivity contribution in [1.29, 1.82) is 0 Å². The molecule has 1 aromatic carbocycles. The van der Waals surface area contributed by atoms with E-state index in [1.54, 1.807) is 29.7 Å². The van der Waals surface area contributed by atoms with Crippen molar-refractivity contribution in [2.24, 2.45) is 0 Å². The first-order valence-electron chi connectivity index (χ1n) is 7.41. The minimum absolute atomic E-state index is 0.171. The Kier molecular flexibility index (Phi) is 5.41. The number of hydrogen-bond acceptors (Lipinski definition) is 3. The molecule has 0 aliphatic carbocycles. The molecule has 3 rings (SSSR count). The van der Waals surface area contributed by atoms with Crippen molar-refractivity contribution in [3.05, 3.63) is 81.6 Å². The van der Waals surface area contributed by atoms with Gasteiger partial charge >= 0.3 is 0 Å². The lowest BCUT2D eigenvalue weighted by Crippen LogP contribution is -2.20. The van der Waals surface area contributed by atoms with E-state index in [9.17, 15) is 4.79 Å². The molecule has 3 nitrogen and oxygen atoms in total. The van der Waals surface area contributed by atoms with Gasteiger partial charge in [0.1, 0.15) is 0 Å². The van der Waals surface area contributed by atoms with Crippen LogP contribution in [0.3, 0.4) is 0 Å². The molecule has 1 amide bonds. The molecule has 0 bridgehead atoms. The average molecular weight is 355 g/mol. The fraction of sp³-hybridized carbons (Fsp3) is 0.0526. The smallest absolute Gasteiger partial charge is 0.244 e. The molecule has 0 spiro atoms. The first-order chi connectivity index (χ1) is 11.7. The maximum atomic E-state index is 12.0. The van der Waals surface area contributed by atoms with E-state index in [2.05, 4.69) is 10.3 Å². The van der Waals surface area contributed by atoms with E-state index in [4.69, 9.17) is 11.6 Å². The standard InChI is InChI=1S/C19H15ClN2OS/c20-17-6-2-1-4-14(17)7-8-18(23)22-12-15-5-3-10-21-19(15)16-9-11-24-13-16/h1-11,13H,12H2,(H,22,23)/b8-7+. The number of nitrogens with zero attached hydrogens (tertiary/aromatic N) is 1. The van der Waals surface area contributed by atoms with Gasteiger partial charge in [-0.15, -0.1) is 0 Å². The minimum atomic E-state index is -0.171. The van der Waals surface area contributed by atoms with Gasteiger partial charge in [0.05, 0.1) is 5.69 Å². The summed E-state index contributed by atoms with van der Waals surface area (Å²) in [5.41, 5.74) is 3.76. The Hall–Kier alpha value is -2.43. The van der Waals surface area contributed by atoms with Gasteiger partial charge in [0.15, 0.2) is 0 Å². The molecule has 120 valence electrons. The number of amides is 1. The summed E-state index contributed by atoms with van der Waals surface area (Å²) in [5.74, 6) is -0.171. The zero-order valence-electron chi connectivity index (χ0n) is 12.8. The Morgan fingerprint density at radius 1 is 1.21 bits per heavy atom. The van der Waals surface area contributed by atoms with Crippen molar-refractivity contribution >= 4 is 34.9 Å². The van der Waals surface area contributed by atoms with E-state index < -0.39 is 0 Å². The molecule has 0 saturated heterocycles. The van der Waals surface area contributed by atoms with Gasteiger partial charge in [-0.05, 0) is 40.8 Å². The Labute approximate surface area is 149 Å². The summed E-state index contributed by atoms with van der Waals surface area (Å²) in [4.78, 5) is 16.5. The molecule has 3 aromatic rings. The number of hydrogen-bond donors (Lipinski definition) is 1. The number of benzene rings is 1. The largest absolute Gasteiger partial charge is 0.348 e. The summed E-state index contributed by atoms with van der Waals surface area (Å²) in [6.07, 6.45) is 4.96. The average Bonchev–Trinajstić information content (AvgIpc) is 3.14. The van der Waals surface area contributed by atoms with Crippen molar-refractivity contribution in [2.75, 3.05) is 0 Å². The van der Waals surface area contributed by atoms with E-state index in [-0.39, 0.29) is 5.91 Å². The predicted octanol–water partition coefficient (Wildman–Crippen LogP) is 4.79. The Bertz CT molecular complexity index is 859. The number of thiophene rings is 1. The zero-order chi connectivity index (χ0) is 16.8. The quantitative estimate of drug-likeness (QED) is 0.669. The van der Waals surface area contributed by atoms with Crippen LogP contribution in [0.4, 0.5) is 0 Å². The molecule has 0 radical (unpaired) electrons. The molecule has 5 heteroatoms. The molecule has 0 atom stereocenters. The van der Waals surface area contributed by atoms with Crippen LogP contribution in [0.25, 0.3) is 17.3 Å². The molecule has 0 aliphatic heterocycles. The number of carbonyl (C=O) groups is 1. The maximum absolute atomic E-state index is 12.0. The molecule has 0 fully saturated rings. The number of rotatable bonds is 5. The highest BCUT2D eigenvalue weighted by Gasteiger charge is 2.07. The topological polar surface area (TPSA) is 42.0 Å². The number of carbonyl (C=O) groups excluding carboxylic acids is 1. The van der Waals surface area contributed by atoms with Crippen LogP contribution in [0.2, 0.25) is 5.02 Å². The third-order valence-electron chi connectivity index (χ3n) is 3.46. The molecule has 1 N–H and O–H groups in total. The predicted molar refractivity (Wildman–Crippen MR) is 99.9 cm³/mol. The number of aromatic nitrogens is 1. The fourth-order valence-electron chi connectivity index (χ4n) is 2.26. The number of nitrogens with one attached hydrogen (secondary N) is 1. The summed E-state index contributed by atoms with van der Waals surface area (Å²) in [6, 6.07) is 13.3. The summed E-state index contributed by atoms with van der Waals surface area (Å²) in [7, 11) is 0. The Balaban J connectivity index is 1.66. The molecule has 2 heterocycles. The molecule has 0 unspecified atom stereocenters. The normalized spacial score (nSPS) is 10.9. The molecular weight excluding hydrogens is 340 g/mol. The van der Waals surface area contributed by atoms with Gasteiger partial charge in [0, 0.05) is 34.8 Å². The first kappa shape index (κ1) is 16.4. The van der Waals surface area contributed by atoms with Crippen molar-refractivity contribution in [2.45, 2.75) is 6.54 Å². The molecule has 0 saturated carbocycles. The van der Waals surface area contributed by atoms with Crippen LogP contribution < -0.4 is 5.32 Å². The second-order valence-electron chi connectivity index (χ2n) is 5.10. The van der Waals surface area contributed by atoms with Gasteiger partial charge in [0.2, 0.25) is 5.91 Å². The number of halogens is 1. The van der Waals surface area contributed by atoms with Crippen LogP contribution in [-0.2, 0) is 11.3 Å². The van der Waals surface area contributed by atoms with Gasteiger partial charge in [-0.2, -0.15) is 11.3 Å². The SMILES string of the molecule is O=C(/C=C/c1ccccc1Cl)NCc1cccnc1-c1ccsc1. The maximum Gasteiger partial charge on any atom is 0.244 e. The molecule has 2 aromatic heterocycles. The van der Waals surface area contributed by atoms with Gasteiger partial charge in [0.25, 0.3) is 0 Å². The van der Waals surface area contributed by atoms with E-state index in [1.807, 2.05) is 47.2 Å². The first-order valence-corrected chi connectivity index (χ1v) is 8.73. The summed E-state index contributed by atoms with van der Waals surface area (Å²) in [5, 5.41) is 7.56. The van der Waals surface area contributed by atoms with E-state index in [1.165, 1.54) is 6.08 Å². The van der Waals surface area contributed by atoms with Crippen molar-refractivity contribution in [3.8, 4) is 11.3 Å². The zero-order valence-corrected chi connectivity index (χ0v) is 14.3. The fourth-order valence-corrected chi connectivity index (χ4v) is 3.10. The molecular formula is C19H15ClN2OS. The van der Waals surface area contributed by atoms with E-state index in [0.717, 1.165) is 22.4 Å². The van der Waals surface area contributed by atoms with Gasteiger partial charge in [-0.3, -0.25) is 9.78 Å². The monoisotopic (exact) mass is 354 g/mol. The van der Waals surface area contributed by atoms with E-state index >= 15 is 0 Å². The van der Waals surface area contributed by atoms with Gasteiger partial charge in [-0.1, -0.05) is 35.9 Å². The lowest BCUT2D eigenvalue weighted by molar-refractivity contribution is -0.116. The lowest BCUT2D eigenvalue weighted by Gasteiger charge is -2.07. The molecule has 0 aliphatic rings.